The van der Waals surface area contributed by atoms with Crippen LogP contribution in [-0.4, -0.2) is 19.9 Å². The number of hydrogen-bond acceptors (Lipinski definition) is 8. The minimum atomic E-state index is 0.321. The Bertz CT molecular complexity index is 579. The van der Waals surface area contributed by atoms with Gasteiger partial charge in [-0.2, -0.15) is 0 Å². The second-order valence-corrected chi connectivity index (χ2v) is 4.64. The van der Waals surface area contributed by atoms with Crippen molar-refractivity contribution in [2.75, 3.05) is 17.2 Å². The van der Waals surface area contributed by atoms with Gasteiger partial charge >= 0.3 is 0 Å². The standard InChI is InChI=1S/C10H13N7S/c1-4-8(13)14-5(2)15-9(4)18-10-16-6(11)3-7(12)17-10/h3H,1-2H3,(H2,13,14,15)(H4,11,12,16,17). The molecule has 0 bridgehead atoms. The van der Waals surface area contributed by atoms with Crippen molar-refractivity contribution >= 4 is 29.2 Å². The average molecular weight is 263 g/mol. The van der Waals surface area contributed by atoms with Crippen LogP contribution in [0.4, 0.5) is 17.5 Å². The molecule has 0 aliphatic carbocycles. The molecule has 0 aliphatic rings. The minimum Gasteiger partial charge on any atom is -0.383 e. The summed E-state index contributed by atoms with van der Waals surface area (Å²) in [6.07, 6.45) is 0. The van der Waals surface area contributed by atoms with Crippen LogP contribution >= 0.6 is 11.8 Å². The maximum Gasteiger partial charge on any atom is 0.197 e. The van der Waals surface area contributed by atoms with Crippen LogP contribution in [0.15, 0.2) is 16.2 Å². The first-order valence-corrected chi connectivity index (χ1v) is 5.96. The van der Waals surface area contributed by atoms with Gasteiger partial charge in [0.05, 0.1) is 0 Å². The average Bonchev–Trinajstić information content (AvgIpc) is 2.23. The van der Waals surface area contributed by atoms with Crippen LogP contribution in [0.3, 0.4) is 0 Å². The van der Waals surface area contributed by atoms with Crippen LogP contribution in [0, 0.1) is 13.8 Å². The first-order valence-electron chi connectivity index (χ1n) is 5.14. The van der Waals surface area contributed by atoms with Crippen LogP contribution in [-0.2, 0) is 0 Å². The van der Waals surface area contributed by atoms with Crippen molar-refractivity contribution in [1.29, 1.82) is 0 Å². The van der Waals surface area contributed by atoms with Gasteiger partial charge in [-0.15, -0.1) is 0 Å². The molecule has 18 heavy (non-hydrogen) atoms. The Morgan fingerprint density at radius 3 is 2.17 bits per heavy atom. The van der Waals surface area contributed by atoms with Crippen molar-refractivity contribution in [2.24, 2.45) is 0 Å². The fourth-order valence-electron chi connectivity index (χ4n) is 1.32. The van der Waals surface area contributed by atoms with Gasteiger partial charge in [0, 0.05) is 11.6 Å². The van der Waals surface area contributed by atoms with E-state index in [0.717, 1.165) is 5.56 Å². The zero-order valence-electron chi connectivity index (χ0n) is 10.0. The monoisotopic (exact) mass is 263 g/mol. The van der Waals surface area contributed by atoms with E-state index < -0.39 is 0 Å². The highest BCUT2D eigenvalue weighted by atomic mass is 32.2. The summed E-state index contributed by atoms with van der Waals surface area (Å²) in [5.74, 6) is 1.68. The fraction of sp³-hybridized carbons (Fsp3) is 0.200. The summed E-state index contributed by atoms with van der Waals surface area (Å²) in [4.78, 5) is 16.5. The first-order chi connectivity index (χ1) is 8.45. The molecule has 0 saturated carbocycles. The topological polar surface area (TPSA) is 130 Å². The summed E-state index contributed by atoms with van der Waals surface area (Å²) in [6.45, 7) is 3.61. The van der Waals surface area contributed by atoms with E-state index in [2.05, 4.69) is 19.9 Å². The lowest BCUT2D eigenvalue weighted by Gasteiger charge is -2.07. The molecule has 0 radical (unpaired) electrons. The van der Waals surface area contributed by atoms with Gasteiger partial charge in [-0.25, -0.2) is 19.9 Å². The molecule has 8 heteroatoms. The van der Waals surface area contributed by atoms with Gasteiger partial charge in [0.2, 0.25) is 0 Å². The Morgan fingerprint density at radius 1 is 0.944 bits per heavy atom. The van der Waals surface area contributed by atoms with Gasteiger partial charge in [0.15, 0.2) is 5.16 Å². The second kappa shape index (κ2) is 4.65. The molecule has 0 amide bonds. The largest absolute Gasteiger partial charge is 0.383 e. The maximum absolute atomic E-state index is 5.78. The van der Waals surface area contributed by atoms with Gasteiger partial charge in [0.1, 0.15) is 28.3 Å². The Hall–Kier alpha value is -2.09. The molecule has 2 heterocycles. The molecule has 2 rings (SSSR count). The smallest absolute Gasteiger partial charge is 0.197 e. The molecule has 0 atom stereocenters. The van der Waals surface area contributed by atoms with Crippen LogP contribution in [0.2, 0.25) is 0 Å². The zero-order chi connectivity index (χ0) is 13.3. The molecule has 94 valence electrons. The minimum absolute atomic E-state index is 0.321. The van der Waals surface area contributed by atoms with Gasteiger partial charge in [-0.05, 0) is 25.6 Å². The van der Waals surface area contributed by atoms with Crippen LogP contribution < -0.4 is 17.2 Å². The molecule has 2 aromatic heterocycles. The summed E-state index contributed by atoms with van der Waals surface area (Å²) < 4.78 is 0. The van der Waals surface area contributed by atoms with Crippen molar-refractivity contribution in [3.05, 3.63) is 17.5 Å². The molecule has 2 aromatic rings. The molecule has 6 N–H and O–H groups in total. The third-order valence-electron chi connectivity index (χ3n) is 2.18. The SMILES string of the molecule is Cc1nc(N)c(C)c(Sc2nc(N)cc(N)n2)n1. The van der Waals surface area contributed by atoms with Crippen molar-refractivity contribution in [2.45, 2.75) is 24.0 Å². The van der Waals surface area contributed by atoms with Crippen molar-refractivity contribution in [3.63, 3.8) is 0 Å². The Morgan fingerprint density at radius 2 is 1.56 bits per heavy atom. The van der Waals surface area contributed by atoms with Crippen molar-refractivity contribution in [3.8, 4) is 0 Å². The molecule has 0 spiro atoms. The predicted octanol–water partition coefficient (Wildman–Crippen LogP) is 0.781. The van der Waals surface area contributed by atoms with Crippen LogP contribution in [0.1, 0.15) is 11.4 Å². The van der Waals surface area contributed by atoms with Gasteiger partial charge in [-0.1, -0.05) is 0 Å². The number of aromatic nitrogens is 4. The first kappa shape index (κ1) is 12.4. The van der Waals surface area contributed by atoms with E-state index in [4.69, 9.17) is 17.2 Å². The van der Waals surface area contributed by atoms with Gasteiger partial charge in [0.25, 0.3) is 0 Å². The quantitative estimate of drug-likeness (QED) is 0.535. The lowest BCUT2D eigenvalue weighted by atomic mass is 10.3. The van der Waals surface area contributed by atoms with E-state index in [1.807, 2.05) is 6.92 Å². The van der Waals surface area contributed by atoms with E-state index in [1.54, 1.807) is 6.92 Å². The molecule has 0 unspecified atom stereocenters. The zero-order valence-corrected chi connectivity index (χ0v) is 10.8. The van der Waals surface area contributed by atoms with E-state index in [1.165, 1.54) is 17.8 Å². The predicted molar refractivity (Wildman–Crippen MR) is 70.9 cm³/mol. The highest BCUT2D eigenvalue weighted by molar-refractivity contribution is 7.99. The number of nitrogens with two attached hydrogens (primary N) is 3. The molecule has 0 aromatic carbocycles. The van der Waals surface area contributed by atoms with Crippen LogP contribution in [0.5, 0.6) is 0 Å². The Balaban J connectivity index is 2.39. The molecule has 7 nitrogen and oxygen atoms in total. The molecular formula is C10H13N7S. The van der Waals surface area contributed by atoms with Gasteiger partial charge < -0.3 is 17.2 Å². The lowest BCUT2D eigenvalue weighted by molar-refractivity contribution is 0.929. The van der Waals surface area contributed by atoms with Gasteiger partial charge in [-0.3, -0.25) is 0 Å². The van der Waals surface area contributed by atoms with Crippen molar-refractivity contribution < 1.29 is 0 Å². The van der Waals surface area contributed by atoms with E-state index in [0.29, 0.717) is 33.5 Å². The fourth-order valence-corrected chi connectivity index (χ4v) is 2.23. The number of hydrogen-bond donors (Lipinski definition) is 3. The number of rotatable bonds is 2. The Labute approximate surface area is 108 Å². The lowest BCUT2D eigenvalue weighted by Crippen LogP contribution is -2.03. The summed E-state index contributed by atoms with van der Waals surface area (Å²) in [6, 6.07) is 1.50. The number of nitrogens with zero attached hydrogens (tertiary/aromatic N) is 4. The highest BCUT2D eigenvalue weighted by Gasteiger charge is 2.11. The summed E-state index contributed by atoms with van der Waals surface area (Å²) in [7, 11) is 0. The van der Waals surface area contributed by atoms with Crippen LogP contribution in [0.25, 0.3) is 0 Å². The van der Waals surface area contributed by atoms with Crippen molar-refractivity contribution in [1.82, 2.24) is 19.9 Å². The van der Waals surface area contributed by atoms with E-state index >= 15 is 0 Å². The molecule has 0 fully saturated rings. The number of anilines is 3. The third kappa shape index (κ3) is 2.59. The maximum atomic E-state index is 5.78. The molecular weight excluding hydrogens is 250 g/mol. The normalized spacial score (nSPS) is 10.6. The summed E-state index contributed by atoms with van der Waals surface area (Å²) >= 11 is 1.26. The summed E-state index contributed by atoms with van der Waals surface area (Å²) in [5.41, 5.74) is 17.8. The van der Waals surface area contributed by atoms with E-state index in [-0.39, 0.29) is 0 Å². The summed E-state index contributed by atoms with van der Waals surface area (Å²) in [5, 5.41) is 1.14. The molecule has 0 saturated heterocycles. The number of aryl methyl sites for hydroxylation is 1. The molecule has 0 aliphatic heterocycles. The second-order valence-electron chi connectivity index (χ2n) is 3.69. The van der Waals surface area contributed by atoms with E-state index in [9.17, 15) is 0 Å². The third-order valence-corrected chi connectivity index (χ3v) is 3.14. The highest BCUT2D eigenvalue weighted by Crippen LogP contribution is 2.28. The number of nitrogen functional groups attached to an aromatic ring is 3. The Kier molecular flexibility index (Phi) is 3.19.